The largest absolute Gasteiger partial charge is 0.371 e. The van der Waals surface area contributed by atoms with Gasteiger partial charge in [-0.1, -0.05) is 36.4 Å². The summed E-state index contributed by atoms with van der Waals surface area (Å²) in [5.74, 6) is 0.734. The molecule has 0 radical (unpaired) electrons. The summed E-state index contributed by atoms with van der Waals surface area (Å²) in [6.45, 7) is 13.0. The van der Waals surface area contributed by atoms with Crippen molar-refractivity contribution in [2.45, 2.75) is 39.9 Å². The molecule has 2 saturated heterocycles. The predicted octanol–water partition coefficient (Wildman–Crippen LogP) is 6.31. The van der Waals surface area contributed by atoms with Crippen molar-refractivity contribution < 1.29 is 4.79 Å². The van der Waals surface area contributed by atoms with Gasteiger partial charge in [-0.2, -0.15) is 5.10 Å². The van der Waals surface area contributed by atoms with Crippen LogP contribution in [0.3, 0.4) is 0 Å². The molecule has 0 aliphatic carbocycles. The van der Waals surface area contributed by atoms with Crippen molar-refractivity contribution in [3.63, 3.8) is 0 Å². The van der Waals surface area contributed by atoms with E-state index in [2.05, 4.69) is 92.7 Å². The standard InChI is InChI=1S/C39H45N7O/c1-29-23-42-46(25-29)28-40-24-33-5-3-4-6-37(33)39-38-10-9-36(21-32(38)11-14-41-39)44-15-12-31(13-16-44)26-43-17-19-45(20-18-43)35-8-7-30(2)34(22-35)27-47/h3-11,14,21-23,25,27,31,40H,12-13,15-20,24,26,28H2,1-2H3. The van der Waals surface area contributed by atoms with E-state index in [1.165, 1.54) is 52.7 Å². The van der Waals surface area contributed by atoms with Gasteiger partial charge in [0.2, 0.25) is 0 Å². The van der Waals surface area contributed by atoms with Crippen molar-refractivity contribution in [3.05, 3.63) is 108 Å². The molecule has 2 fully saturated rings. The number of rotatable bonds is 10. The molecule has 0 unspecified atom stereocenters. The highest BCUT2D eigenvalue weighted by Crippen LogP contribution is 2.33. The van der Waals surface area contributed by atoms with Gasteiger partial charge in [0, 0.05) is 92.6 Å². The minimum Gasteiger partial charge on any atom is -0.371 e. The number of aldehydes is 1. The number of pyridine rings is 1. The van der Waals surface area contributed by atoms with Crippen LogP contribution in [0.4, 0.5) is 11.4 Å². The van der Waals surface area contributed by atoms with Crippen LogP contribution in [0.1, 0.15) is 39.9 Å². The highest BCUT2D eigenvalue weighted by molar-refractivity contribution is 5.96. The second kappa shape index (κ2) is 14.1. The summed E-state index contributed by atoms with van der Waals surface area (Å²) in [4.78, 5) is 23.9. The molecule has 5 aromatic rings. The molecule has 0 amide bonds. The van der Waals surface area contributed by atoms with Gasteiger partial charge in [-0.05, 0) is 85.0 Å². The summed E-state index contributed by atoms with van der Waals surface area (Å²) in [7, 11) is 0. The number of hydrogen-bond acceptors (Lipinski definition) is 7. The van der Waals surface area contributed by atoms with Gasteiger partial charge in [-0.3, -0.25) is 24.7 Å². The third-order valence-corrected chi connectivity index (χ3v) is 10.00. The van der Waals surface area contributed by atoms with Crippen LogP contribution in [0.15, 0.2) is 85.3 Å². The molecule has 3 aromatic carbocycles. The maximum atomic E-state index is 11.4. The first-order valence-electron chi connectivity index (χ1n) is 17.0. The number of nitrogens with one attached hydrogen (secondary N) is 1. The van der Waals surface area contributed by atoms with E-state index in [-0.39, 0.29) is 0 Å². The number of anilines is 2. The van der Waals surface area contributed by atoms with Crippen molar-refractivity contribution in [1.29, 1.82) is 0 Å². The maximum absolute atomic E-state index is 11.4. The van der Waals surface area contributed by atoms with Crippen molar-refractivity contribution in [2.24, 2.45) is 5.92 Å². The fourth-order valence-corrected chi connectivity index (χ4v) is 7.22. The Kier molecular flexibility index (Phi) is 9.31. The molecule has 8 nitrogen and oxygen atoms in total. The quantitative estimate of drug-likeness (QED) is 0.182. The van der Waals surface area contributed by atoms with Crippen LogP contribution in [0, 0.1) is 19.8 Å². The summed E-state index contributed by atoms with van der Waals surface area (Å²) in [6, 6.07) is 23.9. The molecule has 7 rings (SSSR count). The molecular formula is C39H45N7O. The van der Waals surface area contributed by atoms with E-state index in [4.69, 9.17) is 4.98 Å². The fraction of sp³-hybridized carbons (Fsp3) is 0.359. The van der Waals surface area contributed by atoms with Crippen LogP contribution in [-0.2, 0) is 13.2 Å². The molecular weight excluding hydrogens is 582 g/mol. The summed E-state index contributed by atoms with van der Waals surface area (Å²) in [6.07, 6.45) is 9.30. The summed E-state index contributed by atoms with van der Waals surface area (Å²) in [5.41, 5.74) is 8.91. The normalized spacial score (nSPS) is 16.2. The van der Waals surface area contributed by atoms with Crippen LogP contribution in [0.2, 0.25) is 0 Å². The third-order valence-electron chi connectivity index (χ3n) is 10.00. The number of piperazine rings is 1. The average molecular weight is 628 g/mol. The Morgan fingerprint density at radius 2 is 1.64 bits per heavy atom. The molecule has 2 aromatic heterocycles. The fourth-order valence-electron chi connectivity index (χ4n) is 7.22. The molecule has 0 saturated carbocycles. The zero-order valence-corrected chi connectivity index (χ0v) is 27.6. The van der Waals surface area contributed by atoms with Crippen LogP contribution in [0.25, 0.3) is 22.0 Å². The number of aromatic nitrogens is 3. The lowest BCUT2D eigenvalue weighted by Gasteiger charge is -2.40. The molecule has 2 aliphatic heterocycles. The van der Waals surface area contributed by atoms with Crippen molar-refractivity contribution in [1.82, 2.24) is 25.0 Å². The van der Waals surface area contributed by atoms with Crippen LogP contribution < -0.4 is 15.1 Å². The number of hydrogen-bond donors (Lipinski definition) is 1. The van der Waals surface area contributed by atoms with Gasteiger partial charge in [0.1, 0.15) is 6.29 Å². The number of piperidine rings is 1. The second-order valence-electron chi connectivity index (χ2n) is 13.2. The topological polar surface area (TPSA) is 69.5 Å². The first-order chi connectivity index (χ1) is 23.0. The summed E-state index contributed by atoms with van der Waals surface area (Å²) < 4.78 is 1.93. The van der Waals surface area contributed by atoms with Gasteiger partial charge >= 0.3 is 0 Å². The Hall–Kier alpha value is -4.53. The highest BCUT2D eigenvalue weighted by atomic mass is 16.1. The smallest absolute Gasteiger partial charge is 0.150 e. The van der Waals surface area contributed by atoms with Crippen LogP contribution >= 0.6 is 0 Å². The minimum absolute atomic E-state index is 0.667. The zero-order chi connectivity index (χ0) is 32.2. The lowest BCUT2D eigenvalue weighted by molar-refractivity contribution is 0.112. The van der Waals surface area contributed by atoms with Gasteiger partial charge in [-0.15, -0.1) is 0 Å². The van der Waals surface area contributed by atoms with Gasteiger partial charge in [0.25, 0.3) is 0 Å². The van der Waals surface area contributed by atoms with E-state index in [1.54, 1.807) is 0 Å². The molecule has 0 bridgehead atoms. The van der Waals surface area contributed by atoms with Crippen LogP contribution in [-0.4, -0.2) is 71.8 Å². The SMILES string of the molecule is Cc1cnn(CNCc2ccccc2-c2nccc3cc(N4CCC(CN5CCN(c6ccc(C)c(C=O)c6)CC5)CC4)ccc23)c1. The first-order valence-corrected chi connectivity index (χ1v) is 17.0. The Morgan fingerprint density at radius 3 is 2.43 bits per heavy atom. The second-order valence-corrected chi connectivity index (χ2v) is 13.2. The Morgan fingerprint density at radius 1 is 0.872 bits per heavy atom. The van der Waals surface area contributed by atoms with Crippen molar-refractivity contribution in [3.8, 4) is 11.3 Å². The van der Waals surface area contributed by atoms with Gasteiger partial charge < -0.3 is 9.80 Å². The summed E-state index contributed by atoms with van der Waals surface area (Å²) >= 11 is 0. The molecule has 2 aliphatic rings. The van der Waals surface area contributed by atoms with E-state index >= 15 is 0 Å². The lowest BCUT2D eigenvalue weighted by Crippen LogP contribution is -2.49. The molecule has 47 heavy (non-hydrogen) atoms. The van der Waals surface area contributed by atoms with E-state index < -0.39 is 0 Å². The maximum Gasteiger partial charge on any atom is 0.150 e. The third kappa shape index (κ3) is 7.09. The lowest BCUT2D eigenvalue weighted by atomic mass is 9.95. The predicted molar refractivity (Wildman–Crippen MR) is 191 cm³/mol. The van der Waals surface area contributed by atoms with Gasteiger partial charge in [0.05, 0.1) is 18.6 Å². The van der Waals surface area contributed by atoms with Crippen LogP contribution in [0.5, 0.6) is 0 Å². The number of fused-ring (bicyclic) bond motifs is 1. The molecule has 4 heterocycles. The number of benzene rings is 3. The monoisotopic (exact) mass is 627 g/mol. The number of aryl methyl sites for hydroxylation is 2. The van der Waals surface area contributed by atoms with Crippen molar-refractivity contribution in [2.75, 3.05) is 55.6 Å². The average Bonchev–Trinajstić information content (AvgIpc) is 3.53. The Labute approximate surface area is 278 Å². The number of nitrogens with zero attached hydrogens (tertiary/aromatic N) is 6. The molecule has 0 spiro atoms. The van der Waals surface area contributed by atoms with E-state index in [0.29, 0.717) is 6.67 Å². The molecule has 8 heteroatoms. The van der Waals surface area contributed by atoms with Crippen molar-refractivity contribution >= 4 is 28.4 Å². The van der Waals surface area contributed by atoms with Gasteiger partial charge in [0.15, 0.2) is 0 Å². The Balaban J connectivity index is 0.949. The molecule has 242 valence electrons. The number of carbonyl (C=O) groups is 1. The first kappa shape index (κ1) is 31.1. The zero-order valence-electron chi connectivity index (χ0n) is 27.6. The number of carbonyl (C=O) groups excluding carboxylic acids is 1. The van der Waals surface area contributed by atoms with E-state index in [0.717, 1.165) is 80.4 Å². The Bertz CT molecular complexity index is 1830. The van der Waals surface area contributed by atoms with E-state index in [1.807, 2.05) is 36.3 Å². The summed E-state index contributed by atoms with van der Waals surface area (Å²) in [5, 5.41) is 10.3. The van der Waals surface area contributed by atoms with E-state index in [9.17, 15) is 4.79 Å². The molecule has 0 atom stereocenters. The van der Waals surface area contributed by atoms with Gasteiger partial charge in [-0.25, -0.2) is 0 Å². The minimum atomic E-state index is 0.667. The molecule has 1 N–H and O–H groups in total. The highest BCUT2D eigenvalue weighted by Gasteiger charge is 2.25.